The summed E-state index contributed by atoms with van der Waals surface area (Å²) < 4.78 is 1.40. The molecular formula is C21H20N3O6-. The number of carbonyl (C=O) groups is 1. The standard InChI is InChI=1S/C21H21N3O6/c1-2-3-6-11-23-16-8-5-4-7-14(16)19(26)18(21(23)28)20(27)22-15-12-13(24(29)30)9-10-17(15)25/h4-5,7-10,12,25-26H,2-3,6,11H2,1H3,(H,22,27)/p-1. The number of fused-ring (bicyclic) bond motifs is 1. The number of phenols is 1. The summed E-state index contributed by atoms with van der Waals surface area (Å²) in [6, 6.07) is 9.61. The van der Waals surface area contributed by atoms with E-state index in [1.165, 1.54) is 10.6 Å². The molecule has 156 valence electrons. The molecule has 3 rings (SSSR count). The Morgan fingerprint density at radius 1 is 1.20 bits per heavy atom. The van der Waals surface area contributed by atoms with Gasteiger partial charge in [-0.15, -0.1) is 0 Å². The van der Waals surface area contributed by atoms with Crippen molar-refractivity contribution >= 4 is 28.2 Å². The summed E-state index contributed by atoms with van der Waals surface area (Å²) in [5.74, 6) is -2.19. The number of aromatic hydroxyl groups is 1. The van der Waals surface area contributed by atoms with Crippen LogP contribution in [0.1, 0.15) is 36.5 Å². The van der Waals surface area contributed by atoms with Crippen LogP contribution in [0.2, 0.25) is 0 Å². The smallest absolute Gasteiger partial charge is 0.271 e. The maximum absolute atomic E-state index is 13.0. The number of nitro groups is 1. The number of anilines is 1. The van der Waals surface area contributed by atoms with Crippen LogP contribution in [0.4, 0.5) is 11.4 Å². The van der Waals surface area contributed by atoms with E-state index in [1.807, 2.05) is 6.92 Å². The van der Waals surface area contributed by atoms with E-state index in [-0.39, 0.29) is 16.8 Å². The lowest BCUT2D eigenvalue weighted by atomic mass is 10.1. The molecular weight excluding hydrogens is 390 g/mol. The average Bonchev–Trinajstić information content (AvgIpc) is 2.72. The Balaban J connectivity index is 2.09. The second-order valence-corrected chi connectivity index (χ2v) is 6.80. The van der Waals surface area contributed by atoms with Crippen molar-refractivity contribution in [3.8, 4) is 11.5 Å². The normalized spacial score (nSPS) is 10.8. The molecule has 1 amide bonds. The highest BCUT2D eigenvalue weighted by molar-refractivity contribution is 6.09. The topological polar surface area (TPSA) is 138 Å². The molecule has 0 saturated carbocycles. The number of non-ortho nitro benzene ring substituents is 1. The van der Waals surface area contributed by atoms with E-state index in [2.05, 4.69) is 5.32 Å². The zero-order valence-corrected chi connectivity index (χ0v) is 16.3. The fourth-order valence-corrected chi connectivity index (χ4v) is 3.24. The van der Waals surface area contributed by atoms with Crippen molar-refractivity contribution in [1.82, 2.24) is 4.57 Å². The van der Waals surface area contributed by atoms with Crippen LogP contribution in [0, 0.1) is 10.1 Å². The van der Waals surface area contributed by atoms with E-state index in [0.717, 1.165) is 31.0 Å². The maximum Gasteiger partial charge on any atom is 0.271 e. The molecule has 3 aromatic rings. The first-order valence-electron chi connectivity index (χ1n) is 9.46. The van der Waals surface area contributed by atoms with Gasteiger partial charge in [-0.05, 0) is 23.9 Å². The number of hydrogen-bond acceptors (Lipinski definition) is 6. The fourth-order valence-electron chi connectivity index (χ4n) is 3.24. The van der Waals surface area contributed by atoms with Crippen molar-refractivity contribution in [3.63, 3.8) is 0 Å². The Kier molecular flexibility index (Phi) is 6.01. The quantitative estimate of drug-likeness (QED) is 0.266. The number of nitro benzene ring substituents is 1. The van der Waals surface area contributed by atoms with Crippen LogP contribution in [-0.4, -0.2) is 20.5 Å². The number of carbonyl (C=O) groups excluding carboxylic acids is 1. The Morgan fingerprint density at radius 3 is 2.63 bits per heavy atom. The number of amides is 1. The Bertz CT molecular complexity index is 1190. The number of nitrogens with one attached hydrogen (secondary N) is 1. The number of hydrogen-bond donors (Lipinski definition) is 2. The van der Waals surface area contributed by atoms with Gasteiger partial charge in [0.05, 0.1) is 21.7 Å². The van der Waals surface area contributed by atoms with E-state index in [0.29, 0.717) is 18.5 Å². The summed E-state index contributed by atoms with van der Waals surface area (Å²) in [7, 11) is 0. The number of nitrogens with zero attached hydrogens (tertiary/aromatic N) is 2. The third kappa shape index (κ3) is 3.95. The molecule has 0 aliphatic carbocycles. The Labute approximate surface area is 171 Å². The largest absolute Gasteiger partial charge is 0.871 e. The second-order valence-electron chi connectivity index (χ2n) is 6.80. The molecule has 9 heteroatoms. The van der Waals surface area contributed by atoms with Gasteiger partial charge in [0.25, 0.3) is 17.2 Å². The minimum atomic E-state index is -1.03. The molecule has 2 N–H and O–H groups in total. The van der Waals surface area contributed by atoms with E-state index in [4.69, 9.17) is 0 Å². The Morgan fingerprint density at radius 2 is 1.93 bits per heavy atom. The summed E-state index contributed by atoms with van der Waals surface area (Å²) in [6.07, 6.45) is 2.51. The van der Waals surface area contributed by atoms with Crippen molar-refractivity contribution in [2.75, 3.05) is 5.32 Å². The summed E-state index contributed by atoms with van der Waals surface area (Å²) in [4.78, 5) is 36.1. The number of unbranched alkanes of at least 4 members (excludes halogenated alkanes) is 2. The van der Waals surface area contributed by atoms with Gasteiger partial charge < -0.3 is 20.1 Å². The molecule has 30 heavy (non-hydrogen) atoms. The van der Waals surface area contributed by atoms with E-state index in [1.54, 1.807) is 18.2 Å². The Hall–Kier alpha value is -3.88. The zero-order valence-electron chi connectivity index (χ0n) is 16.3. The highest BCUT2D eigenvalue weighted by atomic mass is 16.6. The molecule has 0 saturated heterocycles. The van der Waals surface area contributed by atoms with Crippen molar-refractivity contribution in [1.29, 1.82) is 0 Å². The monoisotopic (exact) mass is 410 g/mol. The highest BCUT2D eigenvalue weighted by Crippen LogP contribution is 2.30. The third-order valence-corrected chi connectivity index (χ3v) is 4.78. The van der Waals surface area contributed by atoms with Crippen LogP contribution in [0.3, 0.4) is 0 Å². The molecule has 0 fully saturated rings. The van der Waals surface area contributed by atoms with Gasteiger partial charge in [0.2, 0.25) is 0 Å². The maximum atomic E-state index is 13.0. The third-order valence-electron chi connectivity index (χ3n) is 4.78. The summed E-state index contributed by atoms with van der Waals surface area (Å²) in [5, 5.41) is 36.2. The van der Waals surface area contributed by atoms with Gasteiger partial charge >= 0.3 is 0 Å². The molecule has 1 heterocycles. The number of aromatic nitrogens is 1. The number of benzene rings is 2. The summed E-state index contributed by atoms with van der Waals surface area (Å²) in [5.41, 5.74) is -1.52. The van der Waals surface area contributed by atoms with E-state index in [9.17, 15) is 29.9 Å². The number of rotatable bonds is 7. The molecule has 0 unspecified atom stereocenters. The summed E-state index contributed by atoms with van der Waals surface area (Å²) in [6.45, 7) is 2.36. The van der Waals surface area contributed by atoms with Crippen LogP contribution >= 0.6 is 0 Å². The predicted molar refractivity (Wildman–Crippen MR) is 110 cm³/mol. The molecule has 0 spiro atoms. The van der Waals surface area contributed by atoms with Gasteiger partial charge in [0, 0.05) is 18.7 Å². The highest BCUT2D eigenvalue weighted by Gasteiger charge is 2.20. The van der Waals surface area contributed by atoms with Crippen molar-refractivity contribution in [2.24, 2.45) is 0 Å². The van der Waals surface area contributed by atoms with Crippen molar-refractivity contribution in [3.05, 3.63) is 68.5 Å². The van der Waals surface area contributed by atoms with Gasteiger partial charge in [0.1, 0.15) is 5.75 Å². The molecule has 2 aromatic carbocycles. The van der Waals surface area contributed by atoms with Crippen LogP contribution in [0.15, 0.2) is 47.3 Å². The van der Waals surface area contributed by atoms with E-state index >= 15 is 0 Å². The van der Waals surface area contributed by atoms with E-state index < -0.39 is 33.5 Å². The summed E-state index contributed by atoms with van der Waals surface area (Å²) >= 11 is 0. The van der Waals surface area contributed by atoms with Gasteiger partial charge in [0.15, 0.2) is 0 Å². The first-order valence-corrected chi connectivity index (χ1v) is 9.46. The SMILES string of the molecule is CCCCCn1c(=O)c(C(=O)Nc2cc([N+](=O)[O-])ccc2O)c([O-])c2ccccc21. The number of para-hydroxylation sites is 1. The minimum Gasteiger partial charge on any atom is -0.871 e. The number of pyridine rings is 1. The van der Waals surface area contributed by atoms with Crippen LogP contribution in [0.25, 0.3) is 10.9 Å². The van der Waals surface area contributed by atoms with Gasteiger partial charge in [-0.25, -0.2) is 0 Å². The van der Waals surface area contributed by atoms with Crippen LogP contribution in [-0.2, 0) is 6.54 Å². The lowest BCUT2D eigenvalue weighted by molar-refractivity contribution is -0.384. The van der Waals surface area contributed by atoms with Crippen LogP contribution < -0.4 is 16.0 Å². The molecule has 0 bridgehead atoms. The average molecular weight is 410 g/mol. The fraction of sp³-hybridized carbons (Fsp3) is 0.238. The van der Waals surface area contributed by atoms with Crippen LogP contribution in [0.5, 0.6) is 11.5 Å². The second kappa shape index (κ2) is 8.64. The first-order chi connectivity index (χ1) is 14.3. The molecule has 0 radical (unpaired) electrons. The molecule has 0 aliphatic heterocycles. The first kappa shape index (κ1) is 20.8. The minimum absolute atomic E-state index is 0.224. The predicted octanol–water partition coefficient (Wildman–Crippen LogP) is 3.13. The molecule has 0 atom stereocenters. The lowest BCUT2D eigenvalue weighted by Crippen LogP contribution is -2.31. The van der Waals surface area contributed by atoms with Gasteiger partial charge in [-0.2, -0.15) is 0 Å². The number of aryl methyl sites for hydroxylation is 1. The van der Waals surface area contributed by atoms with Crippen molar-refractivity contribution < 1.29 is 19.9 Å². The van der Waals surface area contributed by atoms with Crippen molar-refractivity contribution in [2.45, 2.75) is 32.7 Å². The zero-order chi connectivity index (χ0) is 21.8. The van der Waals surface area contributed by atoms with Gasteiger partial charge in [-0.3, -0.25) is 19.7 Å². The molecule has 9 nitrogen and oxygen atoms in total. The van der Waals surface area contributed by atoms with Gasteiger partial charge in [-0.1, -0.05) is 43.7 Å². The lowest BCUT2D eigenvalue weighted by Gasteiger charge is -2.20. The molecule has 1 aromatic heterocycles. The number of phenolic OH excluding ortho intramolecular Hbond substituents is 1. The molecule has 0 aliphatic rings.